The van der Waals surface area contributed by atoms with Crippen LogP contribution in [0, 0.1) is 13.8 Å². The normalized spacial score (nSPS) is 11.0. The number of anilines is 4. The first-order valence-corrected chi connectivity index (χ1v) is 39.1. The third-order valence-electron chi connectivity index (χ3n) is 19.8. The number of carbonyl (C=O) groups excluding carboxylic acids is 4. The minimum absolute atomic E-state index is 0.0128. The number of aryl methyl sites for hydroxylation is 4. The summed E-state index contributed by atoms with van der Waals surface area (Å²) in [5, 5.41) is 32.2. The topological polar surface area (TPSA) is 430 Å². The highest BCUT2D eigenvalue weighted by Gasteiger charge is 2.20. The van der Waals surface area contributed by atoms with Crippen molar-refractivity contribution in [3.05, 3.63) is 306 Å². The fourth-order valence-electron chi connectivity index (χ4n) is 13.9. The molecule has 0 saturated carbocycles. The van der Waals surface area contributed by atoms with Crippen molar-refractivity contribution in [1.82, 2.24) is 138 Å². The molecule has 0 saturated heterocycles. The Morgan fingerprint density at radius 1 is 0.286 bits per heavy atom. The highest BCUT2D eigenvalue weighted by Crippen LogP contribution is 2.33. The van der Waals surface area contributed by atoms with Crippen LogP contribution in [0.4, 0.5) is 23.3 Å². The summed E-state index contributed by atoms with van der Waals surface area (Å²) < 4.78 is 10.5. The lowest BCUT2D eigenvalue weighted by atomic mass is 10.0. The molecule has 36 nitrogen and oxygen atoms in total. The van der Waals surface area contributed by atoms with Crippen LogP contribution in [0.1, 0.15) is 11.4 Å². The Bertz CT molecular complexity index is 6800. The molecule has 0 aliphatic heterocycles. The van der Waals surface area contributed by atoms with Gasteiger partial charge in [-0.15, -0.1) is 0 Å². The van der Waals surface area contributed by atoms with Gasteiger partial charge in [-0.1, -0.05) is 0 Å². The summed E-state index contributed by atoms with van der Waals surface area (Å²) in [4.78, 5) is 127. The largest absolute Gasteiger partial charge is 0.338 e. The second-order valence-electron chi connectivity index (χ2n) is 28.2. The van der Waals surface area contributed by atoms with Gasteiger partial charge in [-0.05, 0) is 146 Å². The highest BCUT2D eigenvalue weighted by molar-refractivity contribution is 5.99. The minimum Gasteiger partial charge on any atom is -0.338 e. The predicted molar refractivity (Wildman–Crippen MR) is 470 cm³/mol. The van der Waals surface area contributed by atoms with Crippen molar-refractivity contribution in [2.45, 2.75) is 40.0 Å². The molecule has 0 unspecified atom stereocenters. The number of pyridine rings is 10. The number of rotatable bonds is 20. The third kappa shape index (κ3) is 18.8. The molecule has 0 aliphatic carbocycles. The molecule has 20 aromatic heterocycles. The molecular weight excluding hydrogens is 1590 g/mol. The zero-order valence-corrected chi connectivity index (χ0v) is 67.7. The van der Waals surface area contributed by atoms with Gasteiger partial charge in [0, 0.05) is 217 Å². The van der Waals surface area contributed by atoms with Crippen LogP contribution in [0.3, 0.4) is 0 Å². The molecule has 0 aromatic carbocycles. The van der Waals surface area contributed by atoms with Crippen LogP contribution in [0.25, 0.3) is 134 Å². The predicted octanol–water partition coefficient (Wildman–Crippen LogP) is 12.4. The Morgan fingerprint density at radius 2 is 0.690 bits per heavy atom. The SMILES string of the molecule is Cc1cc(-c2ccnc3c2cnn3CC(=O)Nc2ccc(-c3cnccn3)cn2)ccn1.Cc1cc(-c2cncc3c2ccn3CC(=O)Nc2ccc(-c3cnccn3)cn2)ccn1.Cn1nccc1-c1ccnc2c1cnn2CC(=O)Nc1ccc(-c2cnccn2)cn1.Cn1nccc1-c1nccc2c1ccn2CC(=O)Nc1ccc(-c2cnccn2)cn1. The molecule has 20 heterocycles. The second kappa shape index (κ2) is 37.2. The van der Waals surface area contributed by atoms with Crippen LogP contribution >= 0.6 is 0 Å². The van der Waals surface area contributed by atoms with Crippen molar-refractivity contribution in [3.8, 4) is 89.9 Å². The van der Waals surface area contributed by atoms with Gasteiger partial charge in [0.25, 0.3) is 0 Å². The van der Waals surface area contributed by atoms with Gasteiger partial charge in [0.05, 0.1) is 94.3 Å². The van der Waals surface area contributed by atoms with Crippen LogP contribution in [-0.2, 0) is 59.5 Å². The summed E-state index contributed by atoms with van der Waals surface area (Å²) in [6.45, 7) is 4.25. The molecule has 4 N–H and O–H groups in total. The molecular formula is C90H72N32O4. The van der Waals surface area contributed by atoms with Crippen LogP contribution in [0.15, 0.2) is 295 Å². The molecule has 20 rings (SSSR count). The number of carbonyl (C=O) groups is 4. The van der Waals surface area contributed by atoms with Gasteiger partial charge in [0.2, 0.25) is 23.6 Å². The molecule has 616 valence electrons. The van der Waals surface area contributed by atoms with Crippen molar-refractivity contribution in [2.24, 2.45) is 14.1 Å². The van der Waals surface area contributed by atoms with E-state index in [-0.39, 0.29) is 49.8 Å². The van der Waals surface area contributed by atoms with Crippen molar-refractivity contribution in [2.75, 3.05) is 21.3 Å². The van der Waals surface area contributed by atoms with Crippen molar-refractivity contribution in [3.63, 3.8) is 0 Å². The molecule has 0 bridgehead atoms. The van der Waals surface area contributed by atoms with Gasteiger partial charge in [0.15, 0.2) is 11.3 Å². The zero-order valence-electron chi connectivity index (χ0n) is 67.7. The summed E-state index contributed by atoms with van der Waals surface area (Å²) in [6, 6.07) is 35.8. The molecule has 0 atom stereocenters. The van der Waals surface area contributed by atoms with Crippen molar-refractivity contribution < 1.29 is 19.2 Å². The van der Waals surface area contributed by atoms with Crippen molar-refractivity contribution >= 4 is 90.8 Å². The Kier molecular flexibility index (Phi) is 23.8. The second-order valence-corrected chi connectivity index (χ2v) is 28.2. The summed E-state index contributed by atoms with van der Waals surface area (Å²) >= 11 is 0. The Labute approximate surface area is 715 Å². The monoisotopic (exact) mass is 1660 g/mol. The zero-order chi connectivity index (χ0) is 86.2. The van der Waals surface area contributed by atoms with Crippen LogP contribution in [0.5, 0.6) is 0 Å². The molecule has 0 spiro atoms. The number of hydrogen-bond donors (Lipinski definition) is 4. The lowest BCUT2D eigenvalue weighted by Gasteiger charge is -2.09. The first-order valence-electron chi connectivity index (χ1n) is 39.1. The van der Waals surface area contributed by atoms with Gasteiger partial charge in [-0.3, -0.25) is 88.3 Å². The maximum atomic E-state index is 12.7. The number of nitrogens with one attached hydrogen (secondary N) is 4. The Hall–Kier alpha value is -17.9. The molecule has 36 heteroatoms. The fourth-order valence-corrected chi connectivity index (χ4v) is 13.9. The average Bonchev–Trinajstić information content (AvgIpc) is 1.65. The minimum atomic E-state index is -0.252. The van der Waals surface area contributed by atoms with E-state index in [1.54, 1.807) is 204 Å². The van der Waals surface area contributed by atoms with E-state index < -0.39 is 0 Å². The van der Waals surface area contributed by atoms with Crippen LogP contribution in [-0.4, -0.2) is 162 Å². The number of amides is 4. The molecule has 0 fully saturated rings. The van der Waals surface area contributed by atoms with E-state index in [1.165, 1.54) is 0 Å². The van der Waals surface area contributed by atoms with E-state index >= 15 is 0 Å². The standard InChI is InChI=1S/C24H19N7O.C23H18N8O.C22H18N8O.C21H17N9O/c1-16-10-17(4-6-27-16)20-12-26-14-22-19(20)5-9-31(22)15-24(32)30-23-3-2-18(11-29-23)21-13-25-7-8-28-21;1-15-10-16(4-6-25-15)18-5-7-27-23-19(18)12-29-31(23)14-22(32)30-21-3-2-17(11-28-21)20-13-24-8-9-26-20;1-29-19(5-8-27-29)22-16-6-11-30(18(16)4-7-25-22)14-21(31)28-20-3-2-15(12-26-20)17-13-23-9-10-24-17;1-29-18(5-7-26-29)15-4-6-24-21-16(15)11-27-30(21)13-20(31)28-19-3-2-14(10-25-19)17-12-22-8-9-23-17/h2-14H,15H2,1H3,(H,29,30,32);2-13H,14H2,1H3,(H,28,30,32);2-13H,14H2,1H3,(H,26,28,31);2-12H,13H2,1H3,(H,25,28,31). The lowest BCUT2D eigenvalue weighted by molar-refractivity contribution is -0.117. The maximum absolute atomic E-state index is 12.7. The lowest BCUT2D eigenvalue weighted by Crippen LogP contribution is -2.20. The number of nitrogens with zero attached hydrogens (tertiary/aromatic N) is 28. The van der Waals surface area contributed by atoms with Crippen molar-refractivity contribution in [1.29, 1.82) is 0 Å². The molecule has 20 aromatic rings. The highest BCUT2D eigenvalue weighted by atomic mass is 16.2. The summed E-state index contributed by atoms with van der Waals surface area (Å²) in [5.41, 5.74) is 18.8. The number of hydrogen-bond acceptors (Lipinski definition) is 26. The summed E-state index contributed by atoms with van der Waals surface area (Å²) in [5.74, 6) is 0.997. The van der Waals surface area contributed by atoms with Gasteiger partial charge >= 0.3 is 0 Å². The van der Waals surface area contributed by atoms with E-state index in [0.29, 0.717) is 46.0 Å². The van der Waals surface area contributed by atoms with E-state index in [1.807, 2.05) is 147 Å². The molecule has 0 aliphatic rings. The van der Waals surface area contributed by atoms with Gasteiger partial charge in [-0.2, -0.15) is 20.4 Å². The van der Waals surface area contributed by atoms with Gasteiger partial charge in [-0.25, -0.2) is 39.3 Å². The number of fused-ring (bicyclic) bond motifs is 4. The van der Waals surface area contributed by atoms with Crippen LogP contribution < -0.4 is 21.3 Å². The van der Waals surface area contributed by atoms with E-state index in [0.717, 1.165) is 123 Å². The smallest absolute Gasteiger partial charge is 0.247 e. The van der Waals surface area contributed by atoms with E-state index in [2.05, 4.69) is 131 Å². The van der Waals surface area contributed by atoms with Gasteiger partial charge in [0.1, 0.15) is 49.5 Å². The molecule has 0 radical (unpaired) electrons. The third-order valence-corrected chi connectivity index (χ3v) is 19.8. The Balaban J connectivity index is 0.000000119. The maximum Gasteiger partial charge on any atom is 0.247 e. The summed E-state index contributed by atoms with van der Waals surface area (Å²) in [6.07, 6.45) is 49.3. The Morgan fingerprint density at radius 3 is 1.11 bits per heavy atom. The molecule has 126 heavy (non-hydrogen) atoms. The first kappa shape index (κ1) is 80.6. The van der Waals surface area contributed by atoms with E-state index in [9.17, 15) is 19.2 Å². The molecule has 4 amide bonds. The van der Waals surface area contributed by atoms with Gasteiger partial charge < -0.3 is 30.4 Å². The van der Waals surface area contributed by atoms with Crippen LogP contribution in [0.2, 0.25) is 0 Å². The van der Waals surface area contributed by atoms with E-state index in [4.69, 9.17) is 0 Å². The quantitative estimate of drug-likeness (QED) is 0.0550. The first-order chi connectivity index (χ1) is 61.7. The average molecular weight is 1670 g/mol. The number of aromatic nitrogens is 28. The summed E-state index contributed by atoms with van der Waals surface area (Å²) in [7, 11) is 3.75. The fraction of sp³-hybridized carbons (Fsp3) is 0.0889.